The van der Waals surface area contributed by atoms with Crippen LogP contribution in [-0.4, -0.2) is 77.2 Å². The second-order valence-electron chi connectivity index (χ2n) is 12.5. The van der Waals surface area contributed by atoms with Gasteiger partial charge in [-0.15, -0.1) is 68.0 Å². The Morgan fingerprint density at radius 3 is 1.05 bits per heavy atom. The molecule has 0 amide bonds. The molecule has 25 heteroatoms. The molecule has 0 saturated heterocycles. The molecule has 0 aliphatic rings. The van der Waals surface area contributed by atoms with Gasteiger partial charge >= 0.3 is 24.8 Å². The molecule has 0 aliphatic heterocycles. The van der Waals surface area contributed by atoms with Gasteiger partial charge in [0.05, 0.1) is 42.8 Å². The van der Waals surface area contributed by atoms with E-state index in [0.717, 1.165) is 52.2 Å². The van der Waals surface area contributed by atoms with Crippen molar-refractivity contribution < 1.29 is 83.7 Å². The minimum absolute atomic E-state index is 0. The molecule has 0 bridgehead atoms. The van der Waals surface area contributed by atoms with Crippen LogP contribution in [0.25, 0.3) is 0 Å². The van der Waals surface area contributed by atoms with Crippen molar-refractivity contribution in [2.24, 2.45) is 0 Å². The normalized spacial score (nSPS) is 10.9. The molecule has 0 aliphatic carbocycles. The number of aliphatic hydroxyl groups is 1. The average molecular weight is 1110 g/mol. The number of carboxylic acids is 1. The number of carbonyl (C=O) groups is 3. The molecule has 0 saturated carbocycles. The van der Waals surface area contributed by atoms with Crippen LogP contribution < -0.4 is 18.9 Å². The summed E-state index contributed by atoms with van der Waals surface area (Å²) in [4.78, 5) is 39.9. The van der Waals surface area contributed by atoms with Gasteiger partial charge in [-0.05, 0) is 86.6 Å². The minimum atomic E-state index is -3.17. The van der Waals surface area contributed by atoms with Crippen LogP contribution in [0, 0.1) is 0 Å². The van der Waals surface area contributed by atoms with E-state index in [9.17, 15) is 39.6 Å². The SMILES string of the molecule is C.CC(=O)c1ccc(CBr)s1.CC(=O)c1ccc(COCc2ccc(S(C)(=O)=O)s2)s1.CS(=O)(=O)c1ccc(CO)s1.CS(=O)(=O)c1ccc(COCc2ccc(C(=O)O)s2)s1.[Li+].[OH-]. The van der Waals surface area contributed by atoms with E-state index in [2.05, 4.69) is 15.9 Å². The summed E-state index contributed by atoms with van der Waals surface area (Å²) in [7, 11) is -9.39. The van der Waals surface area contributed by atoms with Crippen LogP contribution in [0.1, 0.15) is 79.6 Å². The first kappa shape index (κ1) is 61.8. The van der Waals surface area contributed by atoms with E-state index in [1.165, 1.54) is 75.7 Å². The third-order valence-electron chi connectivity index (χ3n) is 7.16. The van der Waals surface area contributed by atoms with Gasteiger partial charge in [0.25, 0.3) is 0 Å². The molecule has 6 aromatic heterocycles. The molecule has 0 spiro atoms. The van der Waals surface area contributed by atoms with Gasteiger partial charge in [0, 0.05) is 53.4 Å². The monoisotopic (exact) mass is 1110 g/mol. The molecule has 64 heavy (non-hydrogen) atoms. The van der Waals surface area contributed by atoms with Crippen molar-refractivity contribution in [1.82, 2.24) is 0 Å². The summed E-state index contributed by atoms with van der Waals surface area (Å²) in [5, 5.41) is 18.3. The molecule has 3 N–H and O–H groups in total. The van der Waals surface area contributed by atoms with E-state index in [0.29, 0.717) is 43.9 Å². The van der Waals surface area contributed by atoms with Gasteiger partial charge in [0.1, 0.15) is 17.5 Å². The molecular weight excluding hydrogens is 1070 g/mol. The number of ether oxygens (including phenoxy) is 2. The topological polar surface area (TPSA) is 243 Å². The Kier molecular flexibility index (Phi) is 27.8. The molecule has 348 valence electrons. The van der Waals surface area contributed by atoms with E-state index in [1.807, 2.05) is 18.2 Å². The maximum Gasteiger partial charge on any atom is 1.00 e. The summed E-state index contributed by atoms with van der Waals surface area (Å²) in [6.45, 7) is 4.43. The first-order chi connectivity index (χ1) is 28.5. The second kappa shape index (κ2) is 28.8. The van der Waals surface area contributed by atoms with Crippen LogP contribution in [0.4, 0.5) is 0 Å². The van der Waals surface area contributed by atoms with Gasteiger partial charge in [-0.1, -0.05) is 23.4 Å². The zero-order chi connectivity index (χ0) is 45.5. The van der Waals surface area contributed by atoms with Gasteiger partial charge in [-0.3, -0.25) is 9.59 Å². The number of thiophene rings is 6. The van der Waals surface area contributed by atoms with Crippen LogP contribution in [0.2, 0.25) is 0 Å². The second-order valence-corrected chi connectivity index (χ2v) is 26.8. The number of sulfone groups is 3. The average Bonchev–Trinajstić information content (AvgIpc) is 4.02. The third-order valence-corrected chi connectivity index (χ3v) is 20.2. The van der Waals surface area contributed by atoms with E-state index in [4.69, 9.17) is 19.7 Å². The first-order valence-electron chi connectivity index (χ1n) is 17.2. The molecular formula is C39H46BrLiO14S9. The minimum Gasteiger partial charge on any atom is -0.870 e. The number of Topliss-reactive ketones (excluding diaryl/α,β-unsaturated/α-hetero) is 2. The van der Waals surface area contributed by atoms with Crippen LogP contribution in [0.3, 0.4) is 0 Å². The van der Waals surface area contributed by atoms with Crippen molar-refractivity contribution in [1.29, 1.82) is 0 Å². The number of aromatic carboxylic acids is 1. The van der Waals surface area contributed by atoms with E-state index >= 15 is 0 Å². The maximum atomic E-state index is 11.3. The summed E-state index contributed by atoms with van der Waals surface area (Å²) in [5.41, 5.74) is 0. The van der Waals surface area contributed by atoms with Crippen LogP contribution in [0.5, 0.6) is 0 Å². The molecule has 6 aromatic rings. The Labute approximate surface area is 418 Å². The van der Waals surface area contributed by atoms with Crippen molar-refractivity contribution in [3.05, 3.63) is 117 Å². The number of hydrogen-bond acceptors (Lipinski definition) is 19. The Morgan fingerprint density at radius 1 is 0.516 bits per heavy atom. The van der Waals surface area contributed by atoms with Gasteiger partial charge in [0.2, 0.25) is 0 Å². The summed E-state index contributed by atoms with van der Waals surface area (Å²) in [6.07, 6.45) is 3.51. The number of halogens is 1. The zero-order valence-electron chi connectivity index (χ0n) is 34.6. The Morgan fingerprint density at radius 2 is 0.797 bits per heavy atom. The number of carboxylic acid groups (broad SMARTS) is 1. The molecule has 0 atom stereocenters. The Hall–Kier alpha value is -2.22. The number of aliphatic hydroxyl groups excluding tert-OH is 1. The summed E-state index contributed by atoms with van der Waals surface area (Å²) in [6, 6.07) is 20.5. The predicted molar refractivity (Wildman–Crippen MR) is 256 cm³/mol. The van der Waals surface area contributed by atoms with Crippen LogP contribution in [-0.2, 0) is 77.3 Å². The first-order valence-corrected chi connectivity index (χ1v) is 28.9. The maximum absolute atomic E-state index is 11.3. The molecule has 6 rings (SSSR count). The largest absolute Gasteiger partial charge is 1.00 e. The molecule has 6 heterocycles. The summed E-state index contributed by atoms with van der Waals surface area (Å²) in [5.74, 6) is -0.744. The van der Waals surface area contributed by atoms with Crippen molar-refractivity contribution in [2.45, 2.75) is 72.3 Å². The fourth-order valence-electron chi connectivity index (χ4n) is 4.27. The summed E-state index contributed by atoms with van der Waals surface area (Å²) < 4.78 is 79.1. The van der Waals surface area contributed by atoms with Gasteiger partial charge in [0.15, 0.2) is 41.1 Å². The quantitative estimate of drug-likeness (QED) is 0.0582. The molecule has 0 unspecified atom stereocenters. The molecule has 0 fully saturated rings. The van der Waals surface area contributed by atoms with E-state index < -0.39 is 35.5 Å². The van der Waals surface area contributed by atoms with Gasteiger partial charge < -0.3 is 25.2 Å². The van der Waals surface area contributed by atoms with E-state index in [-0.39, 0.29) is 54.8 Å². The third kappa shape index (κ3) is 21.6. The smallest absolute Gasteiger partial charge is 0.870 e. The number of rotatable bonds is 16. The van der Waals surface area contributed by atoms with Crippen molar-refractivity contribution >= 4 is 131 Å². The summed E-state index contributed by atoms with van der Waals surface area (Å²) >= 11 is 11.0. The molecule has 0 aromatic carbocycles. The number of alkyl halides is 1. The number of hydrogen-bond donors (Lipinski definition) is 2. The van der Waals surface area contributed by atoms with Gasteiger partial charge in [-0.2, -0.15) is 0 Å². The van der Waals surface area contributed by atoms with Gasteiger partial charge in [-0.25, -0.2) is 30.0 Å². The fraction of sp³-hybridized carbons (Fsp3) is 0.308. The number of carbonyl (C=O) groups excluding carboxylic acids is 2. The van der Waals surface area contributed by atoms with Crippen molar-refractivity contribution in [3.8, 4) is 0 Å². The number of ketones is 2. The van der Waals surface area contributed by atoms with Crippen LogP contribution in [0.15, 0.2) is 85.4 Å². The molecule has 14 nitrogen and oxygen atoms in total. The predicted octanol–water partition coefficient (Wildman–Crippen LogP) is 6.71. The fourth-order valence-corrected chi connectivity index (χ4v) is 12.8. The Bertz CT molecular complexity index is 2600. The molecule has 0 radical (unpaired) electrons. The van der Waals surface area contributed by atoms with Crippen molar-refractivity contribution in [3.63, 3.8) is 0 Å². The van der Waals surface area contributed by atoms with E-state index in [1.54, 1.807) is 66.8 Å². The Balaban J connectivity index is 0.000000849. The standard InChI is InChI=1S/C13H14O4S3.C12H12O5S3.C7H7BrOS.C6H8O3S2.CH4.Li.H2O/c1-9(14)12-5-3-10(18-12)7-17-8-11-4-6-13(19-11)20(2,15)16;1-20(15,16)11-5-3-9(19-11)7-17-6-8-2-4-10(18-8)12(13)14;1-5(9)7-3-2-6(4-8)10-7;1-11(8,9)6-3-2-5(4-7)10-6;;;/h3-6H,7-8H2,1-2H3;2-5H,6-7H2,1H3,(H,13,14);2-3H,4H2,1H3;2-3,7H,4H2,1H3;1H4;;1H2/q;;;;;+1;/p-1. The van der Waals surface area contributed by atoms with Crippen molar-refractivity contribution in [2.75, 3.05) is 18.8 Å². The van der Waals surface area contributed by atoms with Crippen LogP contribution >= 0.6 is 84.0 Å². The zero-order valence-corrected chi connectivity index (χ0v) is 43.5.